The van der Waals surface area contributed by atoms with Crippen molar-refractivity contribution in [2.75, 3.05) is 32.6 Å². The van der Waals surface area contributed by atoms with Gasteiger partial charge in [0.2, 0.25) is 0 Å². The molecule has 29 heavy (non-hydrogen) atoms. The Hall–Kier alpha value is -1.87. The van der Waals surface area contributed by atoms with E-state index in [1.165, 1.54) is 11.1 Å². The van der Waals surface area contributed by atoms with Gasteiger partial charge in [0.05, 0.1) is 0 Å². The standard InChI is InChI=1S/C22H32N6.HI/c1-17-12-20(16-28(17)15-18-8-6-5-7-9-18)26-22(23-2)25-14-19-10-11-24-21(13-19)27(3)4;/h5-11,13,17,20H,12,14-16H2,1-4H3,(H2,23,25,26);1H. The number of hydrogen-bond acceptors (Lipinski definition) is 4. The quantitative estimate of drug-likeness (QED) is 0.357. The molecular weight excluding hydrogens is 475 g/mol. The predicted octanol–water partition coefficient (Wildman–Crippen LogP) is 3.09. The Labute approximate surface area is 191 Å². The topological polar surface area (TPSA) is 55.8 Å². The highest BCUT2D eigenvalue weighted by Crippen LogP contribution is 2.20. The monoisotopic (exact) mass is 508 g/mol. The van der Waals surface area contributed by atoms with Crippen LogP contribution < -0.4 is 15.5 Å². The molecule has 2 atom stereocenters. The van der Waals surface area contributed by atoms with Gasteiger partial charge in [0.25, 0.3) is 0 Å². The van der Waals surface area contributed by atoms with E-state index in [4.69, 9.17) is 0 Å². The zero-order valence-electron chi connectivity index (χ0n) is 17.8. The third-order valence-corrected chi connectivity index (χ3v) is 5.22. The van der Waals surface area contributed by atoms with Crippen molar-refractivity contribution >= 4 is 35.8 Å². The lowest BCUT2D eigenvalue weighted by Crippen LogP contribution is -2.44. The molecule has 0 spiro atoms. The van der Waals surface area contributed by atoms with E-state index in [1.807, 2.05) is 38.3 Å². The van der Waals surface area contributed by atoms with Crippen LogP contribution in [0.15, 0.2) is 53.7 Å². The van der Waals surface area contributed by atoms with Crippen LogP contribution in [-0.2, 0) is 13.1 Å². The Balaban J connectivity index is 0.00000300. The smallest absolute Gasteiger partial charge is 0.191 e. The Morgan fingerprint density at radius 3 is 2.66 bits per heavy atom. The summed E-state index contributed by atoms with van der Waals surface area (Å²) in [5.74, 6) is 1.81. The second kappa shape index (κ2) is 11.3. The minimum atomic E-state index is 0. The number of halogens is 1. The van der Waals surface area contributed by atoms with Crippen LogP contribution in [-0.4, -0.2) is 55.6 Å². The number of benzene rings is 1. The van der Waals surface area contributed by atoms with Crippen molar-refractivity contribution in [2.45, 2.75) is 38.5 Å². The normalized spacial score (nSPS) is 19.5. The Morgan fingerprint density at radius 1 is 1.21 bits per heavy atom. The van der Waals surface area contributed by atoms with Crippen LogP contribution in [0, 0.1) is 0 Å². The molecule has 1 saturated heterocycles. The zero-order chi connectivity index (χ0) is 19.9. The number of pyridine rings is 1. The molecule has 1 fully saturated rings. The van der Waals surface area contributed by atoms with Crippen molar-refractivity contribution in [1.82, 2.24) is 20.5 Å². The van der Waals surface area contributed by atoms with Gasteiger partial charge in [0, 0.05) is 59.1 Å². The van der Waals surface area contributed by atoms with Gasteiger partial charge in [-0.1, -0.05) is 30.3 Å². The lowest BCUT2D eigenvalue weighted by molar-refractivity contribution is 0.258. The van der Waals surface area contributed by atoms with Gasteiger partial charge >= 0.3 is 0 Å². The fourth-order valence-corrected chi connectivity index (χ4v) is 3.63. The molecule has 6 nitrogen and oxygen atoms in total. The van der Waals surface area contributed by atoms with Crippen molar-refractivity contribution < 1.29 is 0 Å². The molecule has 1 aromatic carbocycles. The van der Waals surface area contributed by atoms with Crippen molar-refractivity contribution in [3.8, 4) is 0 Å². The number of rotatable bonds is 6. The summed E-state index contributed by atoms with van der Waals surface area (Å²) >= 11 is 0. The summed E-state index contributed by atoms with van der Waals surface area (Å²) in [6.45, 7) is 5.05. The molecule has 2 unspecified atom stereocenters. The first-order chi connectivity index (χ1) is 13.5. The van der Waals surface area contributed by atoms with E-state index in [0.29, 0.717) is 12.1 Å². The lowest BCUT2D eigenvalue weighted by Gasteiger charge is -2.21. The summed E-state index contributed by atoms with van der Waals surface area (Å²) in [5, 5.41) is 7.02. The molecule has 2 aromatic rings. The maximum Gasteiger partial charge on any atom is 0.191 e. The van der Waals surface area contributed by atoms with Crippen LogP contribution in [0.25, 0.3) is 0 Å². The Morgan fingerprint density at radius 2 is 1.97 bits per heavy atom. The molecular formula is C22H33IN6. The van der Waals surface area contributed by atoms with E-state index >= 15 is 0 Å². The number of guanidine groups is 1. The van der Waals surface area contributed by atoms with Gasteiger partial charge < -0.3 is 15.5 Å². The first-order valence-corrected chi connectivity index (χ1v) is 9.92. The zero-order valence-corrected chi connectivity index (χ0v) is 20.1. The van der Waals surface area contributed by atoms with Crippen LogP contribution in [0.1, 0.15) is 24.5 Å². The Kier molecular flexibility index (Phi) is 9.16. The van der Waals surface area contributed by atoms with Crippen molar-refractivity contribution in [3.63, 3.8) is 0 Å². The van der Waals surface area contributed by atoms with Crippen LogP contribution in [0.2, 0.25) is 0 Å². The molecule has 0 bridgehead atoms. The third kappa shape index (κ3) is 6.85. The van der Waals surface area contributed by atoms with Gasteiger partial charge in [0.1, 0.15) is 5.82 Å². The van der Waals surface area contributed by atoms with E-state index in [1.54, 1.807) is 0 Å². The number of likely N-dealkylation sites (tertiary alicyclic amines) is 1. The minimum absolute atomic E-state index is 0. The van der Waals surface area contributed by atoms with E-state index < -0.39 is 0 Å². The van der Waals surface area contributed by atoms with Crippen molar-refractivity contribution in [1.29, 1.82) is 0 Å². The van der Waals surface area contributed by atoms with Crippen molar-refractivity contribution in [3.05, 3.63) is 59.8 Å². The summed E-state index contributed by atoms with van der Waals surface area (Å²) in [5.41, 5.74) is 2.55. The van der Waals surface area contributed by atoms with Crippen LogP contribution >= 0.6 is 24.0 Å². The molecule has 2 heterocycles. The number of hydrogen-bond donors (Lipinski definition) is 2. The Bertz CT molecular complexity index is 780. The maximum absolute atomic E-state index is 4.41. The second-order valence-corrected chi connectivity index (χ2v) is 7.68. The first kappa shape index (κ1) is 23.4. The number of anilines is 1. The molecule has 158 valence electrons. The lowest BCUT2D eigenvalue weighted by atomic mass is 10.2. The fraction of sp³-hybridized carbons (Fsp3) is 0.455. The molecule has 3 rings (SSSR count). The number of nitrogens with zero attached hydrogens (tertiary/aromatic N) is 4. The largest absolute Gasteiger partial charge is 0.363 e. The SMILES string of the molecule is CN=C(NCc1ccnc(N(C)C)c1)NC1CC(C)N(Cc2ccccc2)C1.I. The molecule has 0 aliphatic carbocycles. The predicted molar refractivity (Wildman–Crippen MR) is 132 cm³/mol. The molecule has 1 aliphatic rings. The van der Waals surface area contributed by atoms with E-state index in [9.17, 15) is 0 Å². The molecule has 0 saturated carbocycles. The van der Waals surface area contributed by atoms with Crippen LogP contribution in [0.3, 0.4) is 0 Å². The fourth-order valence-electron chi connectivity index (χ4n) is 3.63. The first-order valence-electron chi connectivity index (χ1n) is 9.92. The maximum atomic E-state index is 4.41. The summed E-state index contributed by atoms with van der Waals surface area (Å²) in [6.07, 6.45) is 2.97. The average Bonchev–Trinajstić information content (AvgIpc) is 3.05. The second-order valence-electron chi connectivity index (χ2n) is 7.68. The highest BCUT2D eigenvalue weighted by Gasteiger charge is 2.29. The van der Waals surface area contributed by atoms with Gasteiger partial charge in [-0.3, -0.25) is 9.89 Å². The van der Waals surface area contributed by atoms with Gasteiger partial charge in [-0.25, -0.2) is 4.98 Å². The van der Waals surface area contributed by atoms with E-state index in [0.717, 1.165) is 37.8 Å². The summed E-state index contributed by atoms with van der Waals surface area (Å²) in [7, 11) is 5.83. The molecule has 2 N–H and O–H groups in total. The van der Waals surface area contributed by atoms with Gasteiger partial charge in [-0.05, 0) is 36.6 Å². The molecule has 1 aliphatic heterocycles. The van der Waals surface area contributed by atoms with E-state index in [2.05, 4.69) is 68.8 Å². The molecule has 1 aromatic heterocycles. The van der Waals surface area contributed by atoms with Crippen molar-refractivity contribution in [2.24, 2.45) is 4.99 Å². The van der Waals surface area contributed by atoms with Gasteiger partial charge in [-0.15, -0.1) is 24.0 Å². The summed E-state index contributed by atoms with van der Waals surface area (Å²) in [4.78, 5) is 13.3. The van der Waals surface area contributed by atoms with Crippen LogP contribution in [0.5, 0.6) is 0 Å². The molecule has 7 heteroatoms. The highest BCUT2D eigenvalue weighted by molar-refractivity contribution is 14.0. The number of aromatic nitrogens is 1. The van der Waals surface area contributed by atoms with Gasteiger partial charge in [-0.2, -0.15) is 0 Å². The van der Waals surface area contributed by atoms with E-state index in [-0.39, 0.29) is 24.0 Å². The molecule has 0 radical (unpaired) electrons. The van der Waals surface area contributed by atoms with Gasteiger partial charge in [0.15, 0.2) is 5.96 Å². The highest BCUT2D eigenvalue weighted by atomic mass is 127. The number of nitrogens with one attached hydrogen (secondary N) is 2. The van der Waals surface area contributed by atoms with Crippen LogP contribution in [0.4, 0.5) is 5.82 Å². The average molecular weight is 508 g/mol. The molecule has 0 amide bonds. The number of aliphatic imine (C=N–C) groups is 1. The summed E-state index contributed by atoms with van der Waals surface area (Å²) in [6, 6.07) is 15.8. The minimum Gasteiger partial charge on any atom is -0.363 e. The summed E-state index contributed by atoms with van der Waals surface area (Å²) < 4.78 is 0. The third-order valence-electron chi connectivity index (χ3n) is 5.22.